The molecule has 0 saturated carbocycles. The third-order valence-electron chi connectivity index (χ3n) is 4.20. The maximum atomic E-state index is 12.4. The van der Waals surface area contributed by atoms with Gasteiger partial charge in [-0.25, -0.2) is 9.97 Å². The van der Waals surface area contributed by atoms with Gasteiger partial charge in [-0.2, -0.15) is 5.10 Å². The van der Waals surface area contributed by atoms with E-state index in [-0.39, 0.29) is 24.4 Å². The first kappa shape index (κ1) is 18.3. The topological polar surface area (TPSA) is 117 Å². The maximum Gasteiger partial charge on any atom is 0.264 e. The quantitative estimate of drug-likeness (QED) is 0.532. The molecule has 10 heteroatoms. The van der Waals surface area contributed by atoms with E-state index in [4.69, 9.17) is 4.74 Å². The molecule has 4 rings (SSSR count). The number of ether oxygens (including phenoxy) is 1. The van der Waals surface area contributed by atoms with Gasteiger partial charge in [0.1, 0.15) is 11.1 Å². The summed E-state index contributed by atoms with van der Waals surface area (Å²) in [6, 6.07) is 6.88. The Balaban J connectivity index is 1.35. The van der Waals surface area contributed by atoms with E-state index >= 15 is 0 Å². The van der Waals surface area contributed by atoms with Gasteiger partial charge in [0.15, 0.2) is 5.65 Å². The SMILES string of the molecule is Cn1ncc2c(=O)n(CCC(=O)Nc3ccc(Oc4cnccn4)cc3)cnc21. The number of nitrogens with zero attached hydrogens (tertiary/aromatic N) is 6. The van der Waals surface area contributed by atoms with E-state index in [2.05, 4.69) is 25.4 Å². The molecule has 0 aliphatic carbocycles. The number of hydrogen-bond donors (Lipinski definition) is 1. The van der Waals surface area contributed by atoms with Crippen molar-refractivity contribution in [2.75, 3.05) is 5.32 Å². The second-order valence-corrected chi connectivity index (χ2v) is 6.22. The highest BCUT2D eigenvalue weighted by molar-refractivity contribution is 5.90. The summed E-state index contributed by atoms with van der Waals surface area (Å²) in [5, 5.41) is 7.24. The first-order valence-corrected chi connectivity index (χ1v) is 8.81. The molecule has 10 nitrogen and oxygen atoms in total. The van der Waals surface area contributed by atoms with Crippen LogP contribution in [0.25, 0.3) is 11.0 Å². The average Bonchev–Trinajstić information content (AvgIpc) is 3.11. The minimum atomic E-state index is -0.221. The van der Waals surface area contributed by atoms with Crippen LogP contribution in [0, 0.1) is 0 Å². The Labute approximate surface area is 164 Å². The van der Waals surface area contributed by atoms with Gasteiger partial charge < -0.3 is 10.1 Å². The zero-order chi connectivity index (χ0) is 20.2. The van der Waals surface area contributed by atoms with Crippen molar-refractivity contribution in [1.29, 1.82) is 0 Å². The molecule has 3 aromatic heterocycles. The Kier molecular flexibility index (Phi) is 4.97. The first-order chi connectivity index (χ1) is 14.1. The molecule has 0 fully saturated rings. The molecule has 0 aliphatic rings. The van der Waals surface area contributed by atoms with Crippen molar-refractivity contribution < 1.29 is 9.53 Å². The first-order valence-electron chi connectivity index (χ1n) is 8.81. The number of carbonyl (C=O) groups excluding carboxylic acids is 1. The molecule has 1 aromatic carbocycles. The molecule has 4 aromatic rings. The second-order valence-electron chi connectivity index (χ2n) is 6.22. The Morgan fingerprint density at radius 3 is 2.72 bits per heavy atom. The molecule has 146 valence electrons. The van der Waals surface area contributed by atoms with Crippen molar-refractivity contribution in [3.05, 3.63) is 65.7 Å². The fraction of sp³-hybridized carbons (Fsp3) is 0.158. The van der Waals surface area contributed by atoms with Crippen LogP contribution in [0.4, 0.5) is 5.69 Å². The summed E-state index contributed by atoms with van der Waals surface area (Å²) in [5.41, 5.74) is 0.913. The Morgan fingerprint density at radius 2 is 1.97 bits per heavy atom. The lowest BCUT2D eigenvalue weighted by Gasteiger charge is -2.08. The molecule has 1 amide bonds. The highest BCUT2D eigenvalue weighted by Gasteiger charge is 2.10. The number of nitrogens with one attached hydrogen (secondary N) is 1. The van der Waals surface area contributed by atoms with Crippen LogP contribution in [0.5, 0.6) is 11.6 Å². The molecular weight excluding hydrogens is 374 g/mol. The number of benzene rings is 1. The number of anilines is 1. The monoisotopic (exact) mass is 391 g/mol. The van der Waals surface area contributed by atoms with Gasteiger partial charge in [-0.05, 0) is 24.3 Å². The zero-order valence-electron chi connectivity index (χ0n) is 15.5. The standard InChI is InChI=1S/C19H17N7O3/c1-25-18-15(10-23-25)19(28)26(12-22-18)9-6-16(27)24-13-2-4-14(5-3-13)29-17-11-20-7-8-21-17/h2-5,7-8,10-12H,6,9H2,1H3,(H,24,27). The van der Waals surface area contributed by atoms with E-state index in [9.17, 15) is 9.59 Å². The second kappa shape index (κ2) is 7.89. The molecule has 0 saturated heterocycles. The number of rotatable bonds is 6. The molecule has 0 atom stereocenters. The number of carbonyl (C=O) groups is 1. The molecule has 29 heavy (non-hydrogen) atoms. The van der Waals surface area contributed by atoms with Crippen LogP contribution >= 0.6 is 0 Å². The highest BCUT2D eigenvalue weighted by Crippen LogP contribution is 2.20. The van der Waals surface area contributed by atoms with Crippen LogP contribution in [0.3, 0.4) is 0 Å². The lowest BCUT2D eigenvalue weighted by atomic mass is 10.3. The van der Waals surface area contributed by atoms with Crippen LogP contribution in [0.15, 0.2) is 60.2 Å². The molecule has 0 radical (unpaired) electrons. The minimum Gasteiger partial charge on any atom is -0.438 e. The van der Waals surface area contributed by atoms with Gasteiger partial charge in [-0.15, -0.1) is 0 Å². The maximum absolute atomic E-state index is 12.4. The predicted octanol–water partition coefficient (Wildman–Crippen LogP) is 1.74. The van der Waals surface area contributed by atoms with E-state index in [1.165, 1.54) is 34.2 Å². The van der Waals surface area contributed by atoms with Crippen molar-refractivity contribution in [2.45, 2.75) is 13.0 Å². The van der Waals surface area contributed by atoms with Gasteiger partial charge in [-0.3, -0.25) is 23.8 Å². The van der Waals surface area contributed by atoms with Crippen molar-refractivity contribution in [1.82, 2.24) is 29.3 Å². The summed E-state index contributed by atoms with van der Waals surface area (Å²) < 4.78 is 8.49. The predicted molar refractivity (Wildman–Crippen MR) is 105 cm³/mol. The summed E-state index contributed by atoms with van der Waals surface area (Å²) in [5.74, 6) is 0.741. The molecular formula is C19H17N7O3. The summed E-state index contributed by atoms with van der Waals surface area (Å²) in [6.07, 6.45) is 7.64. The van der Waals surface area contributed by atoms with Crippen molar-refractivity contribution in [3.8, 4) is 11.6 Å². The van der Waals surface area contributed by atoms with Crippen molar-refractivity contribution in [3.63, 3.8) is 0 Å². The number of aryl methyl sites for hydroxylation is 2. The smallest absolute Gasteiger partial charge is 0.264 e. The number of fused-ring (bicyclic) bond motifs is 1. The van der Waals surface area contributed by atoms with Gasteiger partial charge >= 0.3 is 0 Å². The minimum absolute atomic E-state index is 0.130. The average molecular weight is 391 g/mol. The molecule has 0 aliphatic heterocycles. The fourth-order valence-electron chi connectivity index (χ4n) is 2.74. The lowest BCUT2D eigenvalue weighted by Crippen LogP contribution is -2.23. The highest BCUT2D eigenvalue weighted by atomic mass is 16.5. The van der Waals surface area contributed by atoms with Gasteiger partial charge in [0.25, 0.3) is 5.56 Å². The Morgan fingerprint density at radius 1 is 1.14 bits per heavy atom. The van der Waals surface area contributed by atoms with Crippen LogP contribution in [0.2, 0.25) is 0 Å². The normalized spacial score (nSPS) is 10.8. The van der Waals surface area contributed by atoms with Crippen LogP contribution < -0.4 is 15.6 Å². The number of hydrogen-bond acceptors (Lipinski definition) is 7. The van der Waals surface area contributed by atoms with Crippen LogP contribution in [-0.2, 0) is 18.4 Å². The largest absolute Gasteiger partial charge is 0.438 e. The number of amides is 1. The molecule has 0 unspecified atom stereocenters. The van der Waals surface area contributed by atoms with Crippen molar-refractivity contribution >= 4 is 22.6 Å². The van der Waals surface area contributed by atoms with Gasteiger partial charge in [0, 0.05) is 38.1 Å². The Bertz CT molecular complexity index is 1200. The third-order valence-corrected chi connectivity index (χ3v) is 4.20. The van der Waals surface area contributed by atoms with Gasteiger partial charge in [0.05, 0.1) is 18.7 Å². The van der Waals surface area contributed by atoms with E-state index < -0.39 is 0 Å². The lowest BCUT2D eigenvalue weighted by molar-refractivity contribution is -0.116. The summed E-state index contributed by atoms with van der Waals surface area (Å²) in [6.45, 7) is 0.219. The zero-order valence-corrected chi connectivity index (χ0v) is 15.5. The van der Waals surface area contributed by atoms with E-state index in [1.807, 2.05) is 0 Å². The summed E-state index contributed by atoms with van der Waals surface area (Å²) in [4.78, 5) is 36.8. The van der Waals surface area contributed by atoms with E-state index in [0.717, 1.165) is 0 Å². The molecule has 3 heterocycles. The fourth-order valence-corrected chi connectivity index (χ4v) is 2.74. The van der Waals surface area contributed by atoms with E-state index in [1.54, 1.807) is 37.5 Å². The Hall–Kier alpha value is -4.08. The van der Waals surface area contributed by atoms with Gasteiger partial charge in [0.2, 0.25) is 11.8 Å². The third kappa shape index (κ3) is 4.10. The van der Waals surface area contributed by atoms with Crippen LogP contribution in [0.1, 0.15) is 6.42 Å². The van der Waals surface area contributed by atoms with Crippen molar-refractivity contribution in [2.24, 2.45) is 7.05 Å². The van der Waals surface area contributed by atoms with Gasteiger partial charge in [-0.1, -0.05) is 0 Å². The molecule has 1 N–H and O–H groups in total. The van der Waals surface area contributed by atoms with E-state index in [0.29, 0.717) is 28.4 Å². The summed E-state index contributed by atoms with van der Waals surface area (Å²) in [7, 11) is 1.72. The number of aromatic nitrogens is 6. The molecule has 0 bridgehead atoms. The van der Waals surface area contributed by atoms with Crippen LogP contribution in [-0.4, -0.2) is 35.2 Å². The molecule has 0 spiro atoms. The summed E-state index contributed by atoms with van der Waals surface area (Å²) >= 11 is 0.